The molecule has 3 heteroatoms. The Balaban J connectivity index is 2.80. The Morgan fingerprint density at radius 1 is 1.05 bits per heavy atom. The van der Waals surface area contributed by atoms with Crippen molar-refractivity contribution in [1.29, 1.82) is 0 Å². The standard InChI is InChI=1S/C18H30N2O/c1-4-7-15-8-10-16(11-9-15)20-17(21)18(14-19,12-5-2)13-6-3/h8-11H,4-7,12-14,19H2,1-3H3,(H,20,21). The Morgan fingerprint density at radius 2 is 1.62 bits per heavy atom. The molecule has 0 aromatic heterocycles. The Bertz CT molecular complexity index is 419. The van der Waals surface area contributed by atoms with Gasteiger partial charge in [-0.25, -0.2) is 0 Å². The molecule has 21 heavy (non-hydrogen) atoms. The van der Waals surface area contributed by atoms with Crippen molar-refractivity contribution in [3.63, 3.8) is 0 Å². The summed E-state index contributed by atoms with van der Waals surface area (Å²) in [5, 5.41) is 3.05. The van der Waals surface area contributed by atoms with Gasteiger partial charge in [0.05, 0.1) is 5.41 Å². The van der Waals surface area contributed by atoms with Gasteiger partial charge in [0, 0.05) is 12.2 Å². The summed E-state index contributed by atoms with van der Waals surface area (Å²) in [5.74, 6) is 0.0666. The van der Waals surface area contributed by atoms with Gasteiger partial charge in [-0.3, -0.25) is 4.79 Å². The van der Waals surface area contributed by atoms with Crippen molar-refractivity contribution in [2.24, 2.45) is 11.1 Å². The molecule has 0 atom stereocenters. The van der Waals surface area contributed by atoms with E-state index in [1.165, 1.54) is 5.56 Å². The third kappa shape index (κ3) is 4.85. The van der Waals surface area contributed by atoms with Crippen LogP contribution in [0.15, 0.2) is 24.3 Å². The fourth-order valence-electron chi connectivity index (χ4n) is 2.91. The number of benzene rings is 1. The summed E-state index contributed by atoms with van der Waals surface area (Å²) < 4.78 is 0. The highest BCUT2D eigenvalue weighted by Gasteiger charge is 2.35. The summed E-state index contributed by atoms with van der Waals surface area (Å²) in [6.45, 7) is 6.79. The molecule has 0 unspecified atom stereocenters. The van der Waals surface area contributed by atoms with Crippen LogP contribution in [0.25, 0.3) is 0 Å². The van der Waals surface area contributed by atoms with E-state index in [4.69, 9.17) is 5.73 Å². The van der Waals surface area contributed by atoms with Crippen LogP contribution in [0.5, 0.6) is 0 Å². The molecule has 1 aromatic rings. The Morgan fingerprint density at radius 3 is 2.05 bits per heavy atom. The lowest BCUT2D eigenvalue weighted by atomic mass is 9.78. The van der Waals surface area contributed by atoms with Crippen LogP contribution in [-0.4, -0.2) is 12.5 Å². The summed E-state index contributed by atoms with van der Waals surface area (Å²) in [6.07, 6.45) is 5.84. The van der Waals surface area contributed by atoms with Gasteiger partial charge in [-0.1, -0.05) is 52.2 Å². The van der Waals surface area contributed by atoms with Crippen molar-refractivity contribution >= 4 is 11.6 Å². The topological polar surface area (TPSA) is 55.1 Å². The smallest absolute Gasteiger partial charge is 0.231 e. The number of nitrogens with two attached hydrogens (primary N) is 1. The van der Waals surface area contributed by atoms with E-state index in [0.717, 1.165) is 44.2 Å². The minimum Gasteiger partial charge on any atom is -0.329 e. The molecular weight excluding hydrogens is 260 g/mol. The van der Waals surface area contributed by atoms with E-state index in [-0.39, 0.29) is 5.91 Å². The maximum atomic E-state index is 12.7. The molecule has 1 rings (SSSR count). The number of nitrogens with one attached hydrogen (secondary N) is 1. The third-order valence-corrected chi connectivity index (χ3v) is 4.08. The van der Waals surface area contributed by atoms with Crippen molar-refractivity contribution in [3.8, 4) is 0 Å². The lowest BCUT2D eigenvalue weighted by Gasteiger charge is -2.30. The van der Waals surface area contributed by atoms with Gasteiger partial charge < -0.3 is 11.1 Å². The van der Waals surface area contributed by atoms with Gasteiger partial charge in [0.15, 0.2) is 0 Å². The van der Waals surface area contributed by atoms with Crippen molar-refractivity contribution in [2.45, 2.75) is 59.3 Å². The highest BCUT2D eigenvalue weighted by molar-refractivity contribution is 5.95. The second kappa shape index (κ2) is 8.83. The van der Waals surface area contributed by atoms with Crippen LogP contribution in [0.3, 0.4) is 0 Å². The van der Waals surface area contributed by atoms with Gasteiger partial charge in [-0.05, 0) is 37.0 Å². The molecule has 3 nitrogen and oxygen atoms in total. The highest BCUT2D eigenvalue weighted by Crippen LogP contribution is 2.30. The molecular formula is C18H30N2O. The zero-order valence-corrected chi connectivity index (χ0v) is 13.7. The molecule has 0 saturated carbocycles. The van der Waals surface area contributed by atoms with E-state index in [1.807, 2.05) is 12.1 Å². The van der Waals surface area contributed by atoms with Gasteiger partial charge in [0.1, 0.15) is 0 Å². The molecule has 0 aliphatic carbocycles. The molecule has 0 bridgehead atoms. The van der Waals surface area contributed by atoms with E-state index in [0.29, 0.717) is 6.54 Å². The van der Waals surface area contributed by atoms with E-state index in [1.54, 1.807) is 0 Å². The number of carbonyl (C=O) groups excluding carboxylic acids is 1. The third-order valence-electron chi connectivity index (χ3n) is 4.08. The summed E-state index contributed by atoms with van der Waals surface area (Å²) >= 11 is 0. The molecule has 0 heterocycles. The molecule has 1 amide bonds. The van der Waals surface area contributed by atoms with Gasteiger partial charge in [-0.15, -0.1) is 0 Å². The highest BCUT2D eigenvalue weighted by atomic mass is 16.2. The minimum atomic E-state index is -0.425. The first-order valence-corrected chi connectivity index (χ1v) is 8.22. The predicted octanol–water partition coefficient (Wildman–Crippen LogP) is 4.12. The number of hydrogen-bond donors (Lipinski definition) is 2. The van der Waals surface area contributed by atoms with Crippen molar-refractivity contribution in [2.75, 3.05) is 11.9 Å². The first-order chi connectivity index (χ1) is 10.1. The van der Waals surface area contributed by atoms with Crippen molar-refractivity contribution < 1.29 is 4.79 Å². The van der Waals surface area contributed by atoms with Crippen LogP contribution in [-0.2, 0) is 11.2 Å². The number of amides is 1. The Hall–Kier alpha value is -1.35. The average molecular weight is 290 g/mol. The van der Waals surface area contributed by atoms with E-state index in [9.17, 15) is 4.79 Å². The van der Waals surface area contributed by atoms with E-state index in [2.05, 4.69) is 38.2 Å². The Kier molecular flexibility index (Phi) is 7.44. The van der Waals surface area contributed by atoms with E-state index < -0.39 is 5.41 Å². The maximum Gasteiger partial charge on any atom is 0.231 e. The molecule has 3 N–H and O–H groups in total. The van der Waals surface area contributed by atoms with Crippen molar-refractivity contribution in [1.82, 2.24) is 0 Å². The van der Waals surface area contributed by atoms with Crippen LogP contribution >= 0.6 is 0 Å². The fourth-order valence-corrected chi connectivity index (χ4v) is 2.91. The molecule has 0 aliphatic rings. The fraction of sp³-hybridized carbons (Fsp3) is 0.611. The number of aryl methyl sites for hydroxylation is 1. The SMILES string of the molecule is CCCc1ccc(NC(=O)C(CN)(CCC)CCC)cc1. The van der Waals surface area contributed by atoms with Gasteiger partial charge in [0.2, 0.25) is 5.91 Å². The number of anilines is 1. The molecule has 1 aromatic carbocycles. The van der Waals surface area contributed by atoms with Crippen molar-refractivity contribution in [3.05, 3.63) is 29.8 Å². The predicted molar refractivity (Wildman–Crippen MR) is 90.4 cm³/mol. The molecule has 0 radical (unpaired) electrons. The average Bonchev–Trinajstić information content (AvgIpc) is 2.49. The second-order valence-electron chi connectivity index (χ2n) is 5.89. The first-order valence-electron chi connectivity index (χ1n) is 8.22. The normalized spacial score (nSPS) is 11.4. The zero-order valence-electron chi connectivity index (χ0n) is 13.7. The zero-order chi connectivity index (χ0) is 15.7. The van der Waals surface area contributed by atoms with Crippen LogP contribution in [0.4, 0.5) is 5.69 Å². The van der Waals surface area contributed by atoms with Crippen LogP contribution in [0, 0.1) is 5.41 Å². The molecule has 0 spiro atoms. The van der Waals surface area contributed by atoms with Gasteiger partial charge in [0.25, 0.3) is 0 Å². The molecule has 0 aliphatic heterocycles. The van der Waals surface area contributed by atoms with Crippen LogP contribution in [0.2, 0.25) is 0 Å². The van der Waals surface area contributed by atoms with Gasteiger partial charge >= 0.3 is 0 Å². The first kappa shape index (κ1) is 17.7. The number of hydrogen-bond acceptors (Lipinski definition) is 2. The quantitative estimate of drug-likeness (QED) is 0.718. The van der Waals surface area contributed by atoms with E-state index >= 15 is 0 Å². The largest absolute Gasteiger partial charge is 0.329 e. The lowest BCUT2D eigenvalue weighted by Crippen LogP contribution is -2.42. The maximum absolute atomic E-state index is 12.7. The monoisotopic (exact) mass is 290 g/mol. The molecule has 0 saturated heterocycles. The summed E-state index contributed by atoms with van der Waals surface area (Å²) in [6, 6.07) is 8.15. The summed E-state index contributed by atoms with van der Waals surface area (Å²) in [7, 11) is 0. The summed E-state index contributed by atoms with van der Waals surface area (Å²) in [5.41, 5.74) is 7.69. The molecule has 118 valence electrons. The van der Waals surface area contributed by atoms with Crippen LogP contribution in [0.1, 0.15) is 58.4 Å². The number of rotatable bonds is 9. The van der Waals surface area contributed by atoms with Gasteiger partial charge in [-0.2, -0.15) is 0 Å². The Labute approximate surface area is 129 Å². The summed E-state index contributed by atoms with van der Waals surface area (Å²) in [4.78, 5) is 12.7. The molecule has 0 fully saturated rings. The minimum absolute atomic E-state index is 0.0666. The lowest BCUT2D eigenvalue weighted by molar-refractivity contribution is -0.126. The van der Waals surface area contributed by atoms with Crippen LogP contribution < -0.4 is 11.1 Å². The number of carbonyl (C=O) groups is 1. The second-order valence-corrected chi connectivity index (χ2v) is 5.89.